The summed E-state index contributed by atoms with van der Waals surface area (Å²) in [6.07, 6.45) is 8.14. The topological polar surface area (TPSA) is 66.9 Å². The number of imidazole rings is 1. The molecule has 1 amide bonds. The fourth-order valence-corrected chi connectivity index (χ4v) is 4.13. The van der Waals surface area contributed by atoms with Gasteiger partial charge in [-0.2, -0.15) is 0 Å². The molecule has 2 atom stereocenters. The molecule has 27 heavy (non-hydrogen) atoms. The summed E-state index contributed by atoms with van der Waals surface area (Å²) in [7, 11) is 0. The second kappa shape index (κ2) is 9.73. The van der Waals surface area contributed by atoms with Crippen molar-refractivity contribution in [2.24, 2.45) is 11.7 Å². The molecule has 1 saturated heterocycles. The van der Waals surface area contributed by atoms with E-state index in [9.17, 15) is 4.79 Å². The number of pyridine rings is 1. The average Bonchev–Trinajstić information content (AvgIpc) is 3.04. The molecule has 1 saturated carbocycles. The Morgan fingerprint density at radius 2 is 1.93 bits per heavy atom. The van der Waals surface area contributed by atoms with E-state index < -0.39 is 0 Å². The quantitative estimate of drug-likeness (QED) is 0.838. The summed E-state index contributed by atoms with van der Waals surface area (Å²) in [6, 6.07) is 6.25. The van der Waals surface area contributed by atoms with E-state index in [0.717, 1.165) is 69.7 Å². The molecule has 0 aromatic carbocycles. The van der Waals surface area contributed by atoms with Crippen molar-refractivity contribution >= 4 is 36.4 Å². The first-order valence-corrected chi connectivity index (χ1v) is 9.38. The third kappa shape index (κ3) is 5.13. The molecule has 2 unspecified atom stereocenters. The molecule has 2 aromatic rings. The maximum Gasteiger partial charge on any atom is 0.225 e. The van der Waals surface area contributed by atoms with E-state index >= 15 is 0 Å². The second-order valence-electron chi connectivity index (χ2n) is 7.42. The van der Waals surface area contributed by atoms with Crippen LogP contribution in [0, 0.1) is 5.92 Å². The molecule has 6 nitrogen and oxygen atoms in total. The van der Waals surface area contributed by atoms with Crippen LogP contribution in [0.4, 0.5) is 0 Å². The molecule has 150 valence electrons. The van der Waals surface area contributed by atoms with E-state index in [1.54, 1.807) is 0 Å². The van der Waals surface area contributed by atoms with Crippen LogP contribution in [-0.2, 0) is 11.3 Å². The molecule has 3 heterocycles. The average molecular weight is 414 g/mol. The lowest BCUT2D eigenvalue weighted by molar-refractivity contribution is -0.138. The number of nitrogens with zero attached hydrogens (tertiary/aromatic N) is 4. The molecule has 2 N–H and O–H groups in total. The van der Waals surface area contributed by atoms with Crippen LogP contribution in [0.15, 0.2) is 30.6 Å². The molecule has 8 heteroatoms. The number of hydrogen-bond acceptors (Lipinski definition) is 4. The number of nitrogens with two attached hydrogens (primary N) is 1. The number of carbonyl (C=O) groups excluding carboxylic acids is 1. The van der Waals surface area contributed by atoms with Crippen molar-refractivity contribution in [3.63, 3.8) is 0 Å². The number of fused-ring (bicyclic) bond motifs is 1. The summed E-state index contributed by atoms with van der Waals surface area (Å²) < 4.78 is 2.06. The van der Waals surface area contributed by atoms with Crippen LogP contribution in [0.3, 0.4) is 0 Å². The SMILES string of the molecule is Cl.Cl.NC1CCCC(C(=O)N2CCN(Cc3cn4ccccc4n3)CC2)C1. The van der Waals surface area contributed by atoms with Crippen molar-refractivity contribution in [2.45, 2.75) is 38.3 Å². The molecule has 0 bridgehead atoms. The van der Waals surface area contributed by atoms with Crippen LogP contribution < -0.4 is 5.73 Å². The first-order valence-electron chi connectivity index (χ1n) is 9.38. The van der Waals surface area contributed by atoms with Crippen LogP contribution in [0.1, 0.15) is 31.4 Å². The van der Waals surface area contributed by atoms with Gasteiger partial charge in [-0.3, -0.25) is 9.69 Å². The summed E-state index contributed by atoms with van der Waals surface area (Å²) in [5.74, 6) is 0.469. The van der Waals surface area contributed by atoms with E-state index in [2.05, 4.69) is 20.5 Å². The lowest BCUT2D eigenvalue weighted by Crippen LogP contribution is -2.51. The van der Waals surface area contributed by atoms with E-state index in [-0.39, 0.29) is 36.8 Å². The van der Waals surface area contributed by atoms with E-state index in [1.807, 2.05) is 29.3 Å². The maximum absolute atomic E-state index is 12.7. The Balaban J connectivity index is 0.00000131. The van der Waals surface area contributed by atoms with Gasteiger partial charge in [-0.05, 0) is 31.4 Å². The predicted molar refractivity (Wildman–Crippen MR) is 111 cm³/mol. The minimum atomic E-state index is 0. The van der Waals surface area contributed by atoms with Crippen molar-refractivity contribution in [3.05, 3.63) is 36.3 Å². The Morgan fingerprint density at radius 3 is 2.63 bits per heavy atom. The van der Waals surface area contributed by atoms with Crippen molar-refractivity contribution in [1.29, 1.82) is 0 Å². The van der Waals surface area contributed by atoms with Gasteiger partial charge < -0.3 is 15.0 Å². The van der Waals surface area contributed by atoms with Gasteiger partial charge in [0.15, 0.2) is 0 Å². The van der Waals surface area contributed by atoms with Crippen molar-refractivity contribution in [2.75, 3.05) is 26.2 Å². The van der Waals surface area contributed by atoms with Gasteiger partial charge in [-0.15, -0.1) is 24.8 Å². The fraction of sp³-hybridized carbons (Fsp3) is 0.579. The van der Waals surface area contributed by atoms with Gasteiger partial charge in [-0.1, -0.05) is 12.5 Å². The zero-order valence-electron chi connectivity index (χ0n) is 15.5. The highest BCUT2D eigenvalue weighted by atomic mass is 35.5. The number of rotatable bonds is 3. The van der Waals surface area contributed by atoms with Crippen LogP contribution in [0.2, 0.25) is 0 Å². The summed E-state index contributed by atoms with van der Waals surface area (Å²) in [5, 5.41) is 0. The van der Waals surface area contributed by atoms with Crippen LogP contribution in [0.5, 0.6) is 0 Å². The monoisotopic (exact) mass is 413 g/mol. The molecule has 1 aliphatic heterocycles. The van der Waals surface area contributed by atoms with Crippen LogP contribution in [0.25, 0.3) is 5.65 Å². The van der Waals surface area contributed by atoms with E-state index in [0.29, 0.717) is 5.91 Å². The molecule has 2 aromatic heterocycles. The minimum Gasteiger partial charge on any atom is -0.340 e. The summed E-state index contributed by atoms with van der Waals surface area (Å²) in [4.78, 5) is 21.8. The van der Waals surface area contributed by atoms with Gasteiger partial charge in [0.25, 0.3) is 0 Å². The molecular formula is C19H29Cl2N5O. The van der Waals surface area contributed by atoms with Gasteiger partial charge in [0.2, 0.25) is 5.91 Å². The Morgan fingerprint density at radius 1 is 1.15 bits per heavy atom. The largest absolute Gasteiger partial charge is 0.340 e. The van der Waals surface area contributed by atoms with Crippen molar-refractivity contribution in [3.8, 4) is 0 Å². The standard InChI is InChI=1S/C19H27N5O.2ClH/c20-16-5-3-4-15(12-16)19(25)23-10-8-22(9-11-23)13-17-14-24-7-2-1-6-18(24)21-17;;/h1-2,6-7,14-16H,3-5,8-13,20H2;2*1H. The van der Waals surface area contributed by atoms with Gasteiger partial charge >= 0.3 is 0 Å². The van der Waals surface area contributed by atoms with Crippen molar-refractivity contribution < 1.29 is 4.79 Å². The summed E-state index contributed by atoms with van der Waals surface area (Å²) in [6.45, 7) is 4.31. The third-order valence-electron chi connectivity index (χ3n) is 5.55. The molecular weight excluding hydrogens is 385 g/mol. The Hall–Kier alpha value is -1.34. The van der Waals surface area contributed by atoms with Gasteiger partial charge in [0.05, 0.1) is 5.69 Å². The highest BCUT2D eigenvalue weighted by molar-refractivity contribution is 5.85. The molecule has 0 spiro atoms. The lowest BCUT2D eigenvalue weighted by Gasteiger charge is -2.37. The number of carbonyl (C=O) groups is 1. The highest BCUT2D eigenvalue weighted by Crippen LogP contribution is 2.25. The lowest BCUT2D eigenvalue weighted by atomic mass is 9.85. The smallest absolute Gasteiger partial charge is 0.225 e. The molecule has 4 rings (SSSR count). The number of aromatic nitrogens is 2. The number of halogens is 2. The number of amides is 1. The Labute approximate surface area is 172 Å². The van der Waals surface area contributed by atoms with Crippen LogP contribution >= 0.6 is 24.8 Å². The molecule has 1 aliphatic carbocycles. The second-order valence-corrected chi connectivity index (χ2v) is 7.42. The Kier molecular flexibility index (Phi) is 7.91. The minimum absolute atomic E-state index is 0. The highest BCUT2D eigenvalue weighted by Gasteiger charge is 2.30. The zero-order valence-corrected chi connectivity index (χ0v) is 17.1. The normalized spacial score (nSPS) is 23.5. The van der Waals surface area contributed by atoms with Gasteiger partial charge in [-0.25, -0.2) is 4.98 Å². The Bertz CT molecular complexity index is 712. The van der Waals surface area contributed by atoms with E-state index in [1.165, 1.54) is 0 Å². The van der Waals surface area contributed by atoms with Crippen LogP contribution in [-0.4, -0.2) is 57.3 Å². The van der Waals surface area contributed by atoms with Crippen molar-refractivity contribution in [1.82, 2.24) is 19.2 Å². The predicted octanol–water partition coefficient (Wildman–Crippen LogP) is 2.34. The first-order chi connectivity index (χ1) is 12.2. The zero-order chi connectivity index (χ0) is 17.2. The third-order valence-corrected chi connectivity index (χ3v) is 5.55. The van der Waals surface area contributed by atoms with Gasteiger partial charge in [0, 0.05) is 57.1 Å². The number of piperazine rings is 1. The molecule has 2 aliphatic rings. The van der Waals surface area contributed by atoms with Gasteiger partial charge in [0.1, 0.15) is 5.65 Å². The molecule has 2 fully saturated rings. The summed E-state index contributed by atoms with van der Waals surface area (Å²) in [5.41, 5.74) is 8.12. The summed E-state index contributed by atoms with van der Waals surface area (Å²) >= 11 is 0. The van der Waals surface area contributed by atoms with E-state index in [4.69, 9.17) is 5.73 Å². The maximum atomic E-state index is 12.7. The molecule has 0 radical (unpaired) electrons. The first kappa shape index (κ1) is 22.0. The number of hydrogen-bond donors (Lipinski definition) is 1. The fourth-order valence-electron chi connectivity index (χ4n) is 4.13.